The zero-order chi connectivity index (χ0) is 28.6. The minimum atomic E-state index is -0.543. The van der Waals surface area contributed by atoms with Gasteiger partial charge in [-0.15, -0.1) is 5.10 Å². The fourth-order valence-corrected chi connectivity index (χ4v) is 4.56. The van der Waals surface area contributed by atoms with E-state index in [2.05, 4.69) is 47.5 Å². The summed E-state index contributed by atoms with van der Waals surface area (Å²) in [6.07, 6.45) is 12.2. The second kappa shape index (κ2) is 12.9. The SMILES string of the molecule is COC(=O)Nc1ccc2c(c1)NCCC/C=C/C[C@H](NC(=O)/C=C/c1cc(Cl)ccc1-n1cnnn1)c1ncc-2[nH]1. The molecule has 5 rings (SSSR count). The maximum absolute atomic E-state index is 13.1. The summed E-state index contributed by atoms with van der Waals surface area (Å²) in [5.41, 5.74) is 4.46. The van der Waals surface area contributed by atoms with E-state index in [1.54, 1.807) is 36.5 Å². The van der Waals surface area contributed by atoms with Crippen molar-refractivity contribution in [2.24, 2.45) is 0 Å². The van der Waals surface area contributed by atoms with Crippen LogP contribution < -0.4 is 16.0 Å². The van der Waals surface area contributed by atoms with Gasteiger partial charge in [-0.05, 0) is 72.2 Å². The number of tetrazole rings is 1. The van der Waals surface area contributed by atoms with Gasteiger partial charge in [0.1, 0.15) is 12.2 Å². The second-order valence-corrected chi connectivity index (χ2v) is 9.62. The van der Waals surface area contributed by atoms with Gasteiger partial charge in [-0.2, -0.15) is 4.68 Å². The average Bonchev–Trinajstić information content (AvgIpc) is 3.68. The molecule has 0 saturated heterocycles. The van der Waals surface area contributed by atoms with Gasteiger partial charge in [0.15, 0.2) is 0 Å². The maximum atomic E-state index is 13.1. The minimum Gasteiger partial charge on any atom is -0.453 e. The minimum absolute atomic E-state index is 0.297. The van der Waals surface area contributed by atoms with Gasteiger partial charge in [-0.3, -0.25) is 10.1 Å². The lowest BCUT2D eigenvalue weighted by atomic mass is 10.1. The molecule has 3 heterocycles. The molecule has 0 saturated carbocycles. The summed E-state index contributed by atoms with van der Waals surface area (Å²) >= 11 is 6.20. The van der Waals surface area contributed by atoms with Crippen molar-refractivity contribution < 1.29 is 14.3 Å². The first kappa shape index (κ1) is 27.6. The van der Waals surface area contributed by atoms with Crippen LogP contribution in [0.1, 0.15) is 36.7 Å². The number of hydrogen-bond donors (Lipinski definition) is 4. The van der Waals surface area contributed by atoms with Crippen LogP contribution in [-0.4, -0.2) is 55.8 Å². The topological polar surface area (TPSA) is 152 Å². The molecule has 4 N–H and O–H groups in total. The highest BCUT2D eigenvalue weighted by atomic mass is 35.5. The number of carbonyl (C=O) groups is 2. The highest BCUT2D eigenvalue weighted by Crippen LogP contribution is 2.31. The van der Waals surface area contributed by atoms with E-state index in [-0.39, 0.29) is 5.91 Å². The number of methoxy groups -OCH3 is 1. The van der Waals surface area contributed by atoms with Crippen LogP contribution in [0.5, 0.6) is 0 Å². The van der Waals surface area contributed by atoms with Crippen molar-refractivity contribution in [2.75, 3.05) is 24.3 Å². The van der Waals surface area contributed by atoms with Crippen molar-refractivity contribution in [1.82, 2.24) is 35.5 Å². The fourth-order valence-electron chi connectivity index (χ4n) is 4.38. The van der Waals surface area contributed by atoms with Crippen LogP contribution in [0.3, 0.4) is 0 Å². The summed E-state index contributed by atoms with van der Waals surface area (Å²) in [6, 6.07) is 10.4. The van der Waals surface area contributed by atoms with Crippen LogP contribution in [-0.2, 0) is 9.53 Å². The number of halogens is 1. The third-order valence-corrected chi connectivity index (χ3v) is 6.62. The summed E-state index contributed by atoms with van der Waals surface area (Å²) in [5, 5.41) is 21.0. The smallest absolute Gasteiger partial charge is 0.411 e. The van der Waals surface area contributed by atoms with Crippen LogP contribution in [0.2, 0.25) is 5.02 Å². The van der Waals surface area contributed by atoms with Crippen molar-refractivity contribution >= 4 is 41.1 Å². The first-order valence-electron chi connectivity index (χ1n) is 12.9. The van der Waals surface area contributed by atoms with Gasteiger partial charge < -0.3 is 20.4 Å². The Labute approximate surface area is 240 Å². The third-order valence-electron chi connectivity index (χ3n) is 6.38. The summed E-state index contributed by atoms with van der Waals surface area (Å²) in [5.74, 6) is 0.319. The van der Waals surface area contributed by atoms with Gasteiger partial charge in [0.05, 0.1) is 30.7 Å². The maximum Gasteiger partial charge on any atom is 0.411 e. The molecular weight excluding hydrogens is 546 g/mol. The quantitative estimate of drug-likeness (QED) is 0.194. The molecule has 4 aromatic rings. The molecule has 0 fully saturated rings. The first-order valence-corrected chi connectivity index (χ1v) is 13.3. The predicted molar refractivity (Wildman–Crippen MR) is 156 cm³/mol. The van der Waals surface area contributed by atoms with Gasteiger partial charge in [-0.25, -0.2) is 9.78 Å². The first-order chi connectivity index (χ1) is 20.0. The number of hydrogen-bond acceptors (Lipinski definition) is 8. The number of ether oxygens (including phenoxy) is 1. The Morgan fingerprint density at radius 3 is 2.93 bits per heavy atom. The van der Waals surface area contributed by atoms with Gasteiger partial charge >= 0.3 is 6.09 Å². The zero-order valence-electron chi connectivity index (χ0n) is 22.2. The molecule has 1 aliphatic heterocycles. The molecule has 2 aromatic carbocycles. The largest absolute Gasteiger partial charge is 0.453 e. The van der Waals surface area contributed by atoms with Crippen LogP contribution >= 0.6 is 11.6 Å². The third kappa shape index (κ3) is 6.97. The van der Waals surface area contributed by atoms with Crippen molar-refractivity contribution in [3.63, 3.8) is 0 Å². The molecule has 41 heavy (non-hydrogen) atoms. The number of aromatic amines is 1. The number of aromatic nitrogens is 6. The number of allylic oxidation sites excluding steroid dienone is 1. The Morgan fingerprint density at radius 2 is 2.10 bits per heavy atom. The number of anilines is 2. The van der Waals surface area contributed by atoms with Gasteiger partial charge in [0, 0.05) is 40.1 Å². The number of fused-ring (bicyclic) bond motifs is 4. The summed E-state index contributed by atoms with van der Waals surface area (Å²) in [7, 11) is 1.32. The molecule has 0 aliphatic carbocycles. The van der Waals surface area contributed by atoms with Crippen LogP contribution in [0.25, 0.3) is 23.0 Å². The van der Waals surface area contributed by atoms with Gasteiger partial charge in [0.25, 0.3) is 0 Å². The van der Waals surface area contributed by atoms with Gasteiger partial charge in [-0.1, -0.05) is 23.8 Å². The predicted octanol–water partition coefficient (Wildman–Crippen LogP) is 4.91. The van der Waals surface area contributed by atoms with E-state index in [0.717, 1.165) is 36.3 Å². The van der Waals surface area contributed by atoms with E-state index in [0.29, 0.717) is 34.2 Å². The van der Waals surface area contributed by atoms with E-state index >= 15 is 0 Å². The number of carbonyl (C=O) groups excluding carboxylic acids is 2. The number of rotatable bonds is 5. The van der Waals surface area contributed by atoms with E-state index in [1.165, 1.54) is 24.2 Å². The van der Waals surface area contributed by atoms with Crippen molar-refractivity contribution in [2.45, 2.75) is 25.3 Å². The lowest BCUT2D eigenvalue weighted by Gasteiger charge is -2.14. The second-order valence-electron chi connectivity index (χ2n) is 9.19. The van der Waals surface area contributed by atoms with Crippen molar-refractivity contribution in [3.05, 3.63) is 83.6 Å². The Kier molecular flexibility index (Phi) is 8.70. The van der Waals surface area contributed by atoms with Crippen LogP contribution in [0.15, 0.2) is 67.2 Å². The Bertz CT molecular complexity index is 1580. The Balaban J connectivity index is 1.38. The molecule has 2 aromatic heterocycles. The Hall–Kier alpha value is -4.97. The van der Waals surface area contributed by atoms with Crippen molar-refractivity contribution in [1.29, 1.82) is 0 Å². The number of benzene rings is 2. The van der Waals surface area contributed by atoms with E-state index in [4.69, 9.17) is 16.3 Å². The summed E-state index contributed by atoms with van der Waals surface area (Å²) in [4.78, 5) is 32.7. The number of amides is 2. The van der Waals surface area contributed by atoms with Crippen LogP contribution in [0.4, 0.5) is 16.2 Å². The van der Waals surface area contributed by atoms with Crippen molar-refractivity contribution in [3.8, 4) is 16.9 Å². The normalized spacial score (nSPS) is 15.9. The molecule has 12 nitrogen and oxygen atoms in total. The lowest BCUT2D eigenvalue weighted by molar-refractivity contribution is -0.117. The number of nitrogens with one attached hydrogen (secondary N) is 4. The molecule has 0 unspecified atom stereocenters. The molecule has 0 spiro atoms. The number of H-pyrrole nitrogens is 1. The van der Waals surface area contributed by atoms with Crippen LogP contribution in [0, 0.1) is 0 Å². The standard InChI is InChI=1S/C28H28ClN9O3/c1-41-28(40)33-20-9-10-21-23(15-20)30-13-5-3-2-4-6-22(27-31-16-24(21)35-27)34-26(39)12-7-18-14-19(29)8-11-25(18)38-17-32-36-37-38/h2,4,7-12,14-17,22,30H,3,5-6,13H2,1H3,(H,31,35)(H,33,40)(H,34,39)/b4-2+,12-7+/t22-/m0/s1. The average molecular weight is 574 g/mol. The summed E-state index contributed by atoms with van der Waals surface area (Å²) in [6.45, 7) is 0.737. The van der Waals surface area contributed by atoms with E-state index in [9.17, 15) is 9.59 Å². The molecule has 0 radical (unpaired) electrons. The van der Waals surface area contributed by atoms with E-state index in [1.807, 2.05) is 18.2 Å². The van der Waals surface area contributed by atoms with E-state index < -0.39 is 12.1 Å². The summed E-state index contributed by atoms with van der Waals surface area (Å²) < 4.78 is 6.21. The monoisotopic (exact) mass is 573 g/mol. The van der Waals surface area contributed by atoms with Gasteiger partial charge in [0.2, 0.25) is 5.91 Å². The molecular formula is C28H28ClN9O3. The fraction of sp³-hybridized carbons (Fsp3) is 0.214. The molecule has 1 atom stereocenters. The molecule has 13 heteroatoms. The molecule has 2 amide bonds. The zero-order valence-corrected chi connectivity index (χ0v) is 22.9. The number of imidazole rings is 1. The molecule has 2 bridgehead atoms. The molecule has 210 valence electrons. The lowest BCUT2D eigenvalue weighted by Crippen LogP contribution is -2.27. The molecule has 1 aliphatic rings. The highest BCUT2D eigenvalue weighted by molar-refractivity contribution is 6.30. The number of nitrogens with zero attached hydrogens (tertiary/aromatic N) is 5. The Morgan fingerprint density at radius 1 is 1.20 bits per heavy atom. The highest BCUT2D eigenvalue weighted by Gasteiger charge is 2.18.